The predicted octanol–water partition coefficient (Wildman–Crippen LogP) is 4.26. The second kappa shape index (κ2) is 7.39. The molecule has 4 nitrogen and oxygen atoms in total. The zero-order valence-electron chi connectivity index (χ0n) is 15.0. The molecule has 1 aromatic heterocycles. The number of nitrogens with zero attached hydrogens (tertiary/aromatic N) is 3. The molecule has 0 amide bonds. The summed E-state index contributed by atoms with van der Waals surface area (Å²) in [7, 11) is 0. The highest BCUT2D eigenvalue weighted by atomic mass is 35.5. The van der Waals surface area contributed by atoms with Crippen molar-refractivity contribution in [3.8, 4) is 0 Å². The molecule has 1 N–H and O–H groups in total. The first-order valence-corrected chi connectivity index (χ1v) is 9.61. The molecule has 1 aliphatic heterocycles. The van der Waals surface area contributed by atoms with E-state index in [0.717, 1.165) is 47.8 Å². The van der Waals surface area contributed by atoms with Gasteiger partial charge in [0.1, 0.15) is 5.82 Å². The third kappa shape index (κ3) is 3.25. The molecule has 136 valence electrons. The second-order valence-corrected chi connectivity index (χ2v) is 7.50. The Bertz CT molecular complexity index is 890. The fraction of sp³-hybridized carbons (Fsp3) is 0.381. The Morgan fingerprint density at radius 2 is 1.96 bits per heavy atom. The molecule has 5 heteroatoms. The number of hydrogen-bond acceptors (Lipinski definition) is 3. The SMILES string of the molecule is C[C@@H](c1nc2ccccc2n1Cc1ccc(Cl)cc1)N1CCC[C@H]1CO. The number of aliphatic hydroxyl groups excluding tert-OH is 1. The molecule has 4 rings (SSSR count). The van der Waals surface area contributed by atoms with E-state index >= 15 is 0 Å². The Labute approximate surface area is 159 Å². The topological polar surface area (TPSA) is 41.3 Å². The van der Waals surface area contributed by atoms with Crippen LogP contribution in [-0.4, -0.2) is 38.8 Å². The zero-order chi connectivity index (χ0) is 18.1. The summed E-state index contributed by atoms with van der Waals surface area (Å²) in [6.07, 6.45) is 2.19. The van der Waals surface area contributed by atoms with Crippen LogP contribution in [0.5, 0.6) is 0 Å². The van der Waals surface area contributed by atoms with Gasteiger partial charge in [-0.1, -0.05) is 35.9 Å². The highest BCUT2D eigenvalue weighted by molar-refractivity contribution is 6.30. The summed E-state index contributed by atoms with van der Waals surface area (Å²) in [6.45, 7) is 4.18. The minimum Gasteiger partial charge on any atom is -0.395 e. The Kier molecular flexibility index (Phi) is 4.98. The van der Waals surface area contributed by atoms with Crippen LogP contribution in [0.4, 0.5) is 0 Å². The molecule has 0 spiro atoms. The number of rotatable bonds is 5. The molecule has 2 heterocycles. The quantitative estimate of drug-likeness (QED) is 0.730. The van der Waals surface area contributed by atoms with Crippen molar-refractivity contribution in [1.29, 1.82) is 0 Å². The van der Waals surface area contributed by atoms with Crippen LogP contribution in [0.1, 0.15) is 37.2 Å². The number of hydrogen-bond donors (Lipinski definition) is 1. The van der Waals surface area contributed by atoms with E-state index in [1.54, 1.807) is 0 Å². The van der Waals surface area contributed by atoms with Crippen molar-refractivity contribution in [3.05, 3.63) is 64.9 Å². The van der Waals surface area contributed by atoms with Crippen molar-refractivity contribution in [3.63, 3.8) is 0 Å². The lowest BCUT2D eigenvalue weighted by Gasteiger charge is -2.29. The molecule has 0 radical (unpaired) electrons. The monoisotopic (exact) mass is 369 g/mol. The molecular formula is C21H24ClN3O. The van der Waals surface area contributed by atoms with E-state index in [4.69, 9.17) is 16.6 Å². The van der Waals surface area contributed by atoms with Gasteiger partial charge in [-0.2, -0.15) is 0 Å². The number of aliphatic hydroxyl groups is 1. The first-order valence-electron chi connectivity index (χ1n) is 9.23. The van der Waals surface area contributed by atoms with E-state index in [0.29, 0.717) is 0 Å². The molecule has 1 saturated heterocycles. The van der Waals surface area contributed by atoms with Crippen LogP contribution in [0.3, 0.4) is 0 Å². The van der Waals surface area contributed by atoms with Gasteiger partial charge in [0.2, 0.25) is 0 Å². The van der Waals surface area contributed by atoms with Crippen molar-refractivity contribution in [2.75, 3.05) is 13.2 Å². The van der Waals surface area contributed by atoms with Crippen molar-refractivity contribution >= 4 is 22.6 Å². The van der Waals surface area contributed by atoms with Gasteiger partial charge in [0.05, 0.1) is 23.7 Å². The lowest BCUT2D eigenvalue weighted by Crippen LogP contribution is -2.35. The van der Waals surface area contributed by atoms with Crippen molar-refractivity contribution < 1.29 is 5.11 Å². The van der Waals surface area contributed by atoms with Crippen molar-refractivity contribution in [2.24, 2.45) is 0 Å². The van der Waals surface area contributed by atoms with Gasteiger partial charge in [-0.25, -0.2) is 4.98 Å². The van der Waals surface area contributed by atoms with E-state index in [-0.39, 0.29) is 18.7 Å². The maximum absolute atomic E-state index is 9.72. The highest BCUT2D eigenvalue weighted by Gasteiger charge is 2.31. The number of fused-ring (bicyclic) bond motifs is 1. The molecule has 0 bridgehead atoms. The molecule has 0 aliphatic carbocycles. The van der Waals surface area contributed by atoms with Crippen molar-refractivity contribution in [2.45, 2.75) is 38.4 Å². The fourth-order valence-corrected chi connectivity index (χ4v) is 4.19. The van der Waals surface area contributed by atoms with Crippen LogP contribution in [0.25, 0.3) is 11.0 Å². The molecule has 1 aliphatic rings. The number of likely N-dealkylation sites (tertiary alicyclic amines) is 1. The van der Waals surface area contributed by atoms with Crippen LogP contribution >= 0.6 is 11.6 Å². The minimum absolute atomic E-state index is 0.161. The zero-order valence-corrected chi connectivity index (χ0v) is 15.7. The average Bonchev–Trinajstić information content (AvgIpc) is 3.28. The van der Waals surface area contributed by atoms with E-state index < -0.39 is 0 Å². The molecule has 26 heavy (non-hydrogen) atoms. The molecule has 2 atom stereocenters. The Morgan fingerprint density at radius 1 is 1.19 bits per heavy atom. The van der Waals surface area contributed by atoms with Gasteiger partial charge in [-0.3, -0.25) is 4.90 Å². The van der Waals surface area contributed by atoms with Gasteiger partial charge in [0.25, 0.3) is 0 Å². The standard InChI is InChI=1S/C21H24ClN3O/c1-15(24-12-4-5-18(24)14-26)21-23-19-6-2-3-7-20(19)25(21)13-16-8-10-17(22)11-9-16/h2-3,6-11,15,18,26H,4-5,12-14H2,1H3/t15-,18-/m0/s1. The lowest BCUT2D eigenvalue weighted by molar-refractivity contribution is 0.121. The van der Waals surface area contributed by atoms with Crippen LogP contribution in [0.15, 0.2) is 48.5 Å². The highest BCUT2D eigenvalue weighted by Crippen LogP contribution is 2.31. The summed E-state index contributed by atoms with van der Waals surface area (Å²) >= 11 is 6.04. The third-order valence-electron chi connectivity index (χ3n) is 5.44. The van der Waals surface area contributed by atoms with E-state index in [1.807, 2.05) is 18.2 Å². The van der Waals surface area contributed by atoms with Gasteiger partial charge < -0.3 is 9.67 Å². The number of benzene rings is 2. The second-order valence-electron chi connectivity index (χ2n) is 7.06. The maximum atomic E-state index is 9.72. The summed E-state index contributed by atoms with van der Waals surface area (Å²) in [5, 5.41) is 10.5. The maximum Gasteiger partial charge on any atom is 0.127 e. The third-order valence-corrected chi connectivity index (χ3v) is 5.69. The Hall–Kier alpha value is -1.88. The number of halogens is 1. The fourth-order valence-electron chi connectivity index (χ4n) is 4.06. The normalized spacial score (nSPS) is 19.3. The number of aromatic nitrogens is 2. The Balaban J connectivity index is 1.75. The van der Waals surface area contributed by atoms with Crippen LogP contribution in [0.2, 0.25) is 5.02 Å². The molecular weight excluding hydrogens is 346 g/mol. The van der Waals surface area contributed by atoms with Gasteiger partial charge in [-0.15, -0.1) is 0 Å². The first-order chi connectivity index (χ1) is 12.7. The minimum atomic E-state index is 0.161. The predicted molar refractivity (Wildman–Crippen MR) is 106 cm³/mol. The first kappa shape index (κ1) is 17.5. The van der Waals surface area contributed by atoms with Crippen LogP contribution in [-0.2, 0) is 6.54 Å². The largest absolute Gasteiger partial charge is 0.395 e. The molecule has 3 aromatic rings. The number of imidazole rings is 1. The van der Waals surface area contributed by atoms with Crippen molar-refractivity contribution in [1.82, 2.24) is 14.5 Å². The van der Waals surface area contributed by atoms with Gasteiger partial charge in [0, 0.05) is 17.6 Å². The molecule has 2 aromatic carbocycles. The Morgan fingerprint density at radius 3 is 2.73 bits per heavy atom. The number of para-hydroxylation sites is 2. The van der Waals surface area contributed by atoms with E-state index in [9.17, 15) is 5.11 Å². The van der Waals surface area contributed by atoms with Gasteiger partial charge in [0.15, 0.2) is 0 Å². The van der Waals surface area contributed by atoms with Crippen LogP contribution in [0, 0.1) is 0 Å². The summed E-state index contributed by atoms with van der Waals surface area (Å²) in [6, 6.07) is 16.7. The summed E-state index contributed by atoms with van der Waals surface area (Å²) in [5.41, 5.74) is 3.36. The summed E-state index contributed by atoms with van der Waals surface area (Å²) in [5.74, 6) is 1.06. The van der Waals surface area contributed by atoms with Gasteiger partial charge >= 0.3 is 0 Å². The summed E-state index contributed by atoms with van der Waals surface area (Å²) in [4.78, 5) is 7.34. The summed E-state index contributed by atoms with van der Waals surface area (Å²) < 4.78 is 2.30. The molecule has 0 unspecified atom stereocenters. The average molecular weight is 370 g/mol. The molecule has 1 fully saturated rings. The smallest absolute Gasteiger partial charge is 0.127 e. The van der Waals surface area contributed by atoms with Gasteiger partial charge in [-0.05, 0) is 56.1 Å². The van der Waals surface area contributed by atoms with Crippen LogP contribution < -0.4 is 0 Å². The molecule has 0 saturated carbocycles. The lowest BCUT2D eigenvalue weighted by atomic mass is 10.2. The van der Waals surface area contributed by atoms with E-state index in [1.165, 1.54) is 5.56 Å². The van der Waals surface area contributed by atoms with E-state index in [2.05, 4.69) is 46.7 Å².